The highest BCUT2D eigenvalue weighted by Gasteiger charge is 2.18. The van der Waals surface area contributed by atoms with E-state index in [2.05, 4.69) is 43.4 Å². The van der Waals surface area contributed by atoms with Crippen molar-refractivity contribution in [2.24, 2.45) is 0 Å². The number of halogens is 1. The predicted octanol–water partition coefficient (Wildman–Crippen LogP) is 5.31. The van der Waals surface area contributed by atoms with Crippen molar-refractivity contribution in [3.05, 3.63) is 41.7 Å². The van der Waals surface area contributed by atoms with E-state index in [0.717, 1.165) is 55.2 Å². The lowest BCUT2D eigenvalue weighted by Gasteiger charge is -2.12. The second-order valence-electron chi connectivity index (χ2n) is 6.30. The summed E-state index contributed by atoms with van der Waals surface area (Å²) in [6.45, 7) is 2.75. The van der Waals surface area contributed by atoms with Crippen molar-refractivity contribution in [1.29, 1.82) is 0 Å². The lowest BCUT2D eigenvalue weighted by molar-refractivity contribution is 0.316. The Bertz CT molecular complexity index is 1110. The molecule has 0 saturated heterocycles. The molecule has 1 aromatic carbocycles. The van der Waals surface area contributed by atoms with Crippen LogP contribution in [0.4, 0.5) is 11.6 Å². The third kappa shape index (κ3) is 4.20. The average Bonchev–Trinajstić information content (AvgIpc) is 3.35. The molecule has 4 aromatic rings. The molecule has 150 valence electrons. The zero-order valence-electron chi connectivity index (χ0n) is 16.0. The molecule has 0 aliphatic rings. The van der Waals surface area contributed by atoms with Crippen molar-refractivity contribution in [3.63, 3.8) is 0 Å². The van der Waals surface area contributed by atoms with Crippen molar-refractivity contribution in [1.82, 2.24) is 20.2 Å². The SMILES string of the molecule is COc1cc(OCCCBr)ccc1-c1c(C)sc2cnc(Nc3cn[nH]c3)nc12. The molecule has 0 atom stereocenters. The van der Waals surface area contributed by atoms with Gasteiger partial charge in [0.05, 0.1) is 42.0 Å². The van der Waals surface area contributed by atoms with Gasteiger partial charge in [0.1, 0.15) is 11.5 Å². The molecule has 0 aliphatic carbocycles. The number of aryl methyl sites for hydroxylation is 1. The minimum absolute atomic E-state index is 0.520. The van der Waals surface area contributed by atoms with Gasteiger partial charge in [-0.25, -0.2) is 9.97 Å². The van der Waals surface area contributed by atoms with Crippen LogP contribution in [0.3, 0.4) is 0 Å². The summed E-state index contributed by atoms with van der Waals surface area (Å²) in [7, 11) is 1.67. The van der Waals surface area contributed by atoms with Gasteiger partial charge in [0.15, 0.2) is 0 Å². The summed E-state index contributed by atoms with van der Waals surface area (Å²) < 4.78 is 12.5. The number of thiophene rings is 1. The van der Waals surface area contributed by atoms with Crippen molar-refractivity contribution in [3.8, 4) is 22.6 Å². The maximum Gasteiger partial charge on any atom is 0.227 e. The first-order chi connectivity index (χ1) is 14.2. The highest BCUT2D eigenvalue weighted by atomic mass is 79.9. The van der Waals surface area contributed by atoms with Crippen molar-refractivity contribution >= 4 is 49.1 Å². The van der Waals surface area contributed by atoms with E-state index in [1.807, 2.05) is 24.4 Å². The van der Waals surface area contributed by atoms with Crippen LogP contribution in [0.15, 0.2) is 36.8 Å². The van der Waals surface area contributed by atoms with E-state index in [9.17, 15) is 0 Å². The predicted molar refractivity (Wildman–Crippen MR) is 120 cm³/mol. The van der Waals surface area contributed by atoms with Crippen molar-refractivity contribution < 1.29 is 9.47 Å². The van der Waals surface area contributed by atoms with Gasteiger partial charge in [-0.3, -0.25) is 5.10 Å². The fraction of sp³-hybridized carbons (Fsp3) is 0.250. The number of benzene rings is 1. The Morgan fingerprint density at radius 3 is 2.93 bits per heavy atom. The molecule has 0 bridgehead atoms. The Labute approximate surface area is 180 Å². The number of fused-ring (bicyclic) bond motifs is 1. The highest BCUT2D eigenvalue weighted by molar-refractivity contribution is 9.09. The van der Waals surface area contributed by atoms with Gasteiger partial charge in [0.25, 0.3) is 0 Å². The fourth-order valence-electron chi connectivity index (χ4n) is 3.05. The molecule has 0 radical (unpaired) electrons. The van der Waals surface area contributed by atoms with E-state index in [0.29, 0.717) is 12.6 Å². The van der Waals surface area contributed by atoms with Gasteiger partial charge in [0, 0.05) is 33.6 Å². The summed E-state index contributed by atoms with van der Waals surface area (Å²) >= 11 is 5.09. The molecular formula is C20H20BrN5O2S. The molecule has 29 heavy (non-hydrogen) atoms. The Morgan fingerprint density at radius 1 is 1.28 bits per heavy atom. The molecule has 0 fully saturated rings. The first-order valence-corrected chi connectivity index (χ1v) is 11.0. The van der Waals surface area contributed by atoms with Crippen LogP contribution in [0.25, 0.3) is 21.3 Å². The van der Waals surface area contributed by atoms with Crippen LogP contribution in [0.5, 0.6) is 11.5 Å². The number of rotatable bonds is 8. The maximum absolute atomic E-state index is 5.80. The van der Waals surface area contributed by atoms with E-state index >= 15 is 0 Å². The number of ether oxygens (including phenoxy) is 2. The summed E-state index contributed by atoms with van der Waals surface area (Å²) in [5.41, 5.74) is 3.73. The average molecular weight is 474 g/mol. The molecule has 9 heteroatoms. The zero-order chi connectivity index (χ0) is 20.2. The summed E-state index contributed by atoms with van der Waals surface area (Å²) in [4.78, 5) is 10.3. The number of alkyl halides is 1. The maximum atomic E-state index is 5.80. The first-order valence-electron chi connectivity index (χ1n) is 9.08. The minimum atomic E-state index is 0.520. The van der Waals surface area contributed by atoms with Crippen LogP contribution in [-0.2, 0) is 0 Å². The number of aromatic amines is 1. The zero-order valence-corrected chi connectivity index (χ0v) is 18.4. The third-order valence-corrected chi connectivity index (χ3v) is 5.94. The minimum Gasteiger partial charge on any atom is -0.496 e. The summed E-state index contributed by atoms with van der Waals surface area (Å²) in [6, 6.07) is 5.93. The highest BCUT2D eigenvalue weighted by Crippen LogP contribution is 2.42. The van der Waals surface area contributed by atoms with Crippen LogP contribution in [0.1, 0.15) is 11.3 Å². The fourth-order valence-corrected chi connectivity index (χ4v) is 4.26. The third-order valence-electron chi connectivity index (χ3n) is 4.35. The number of anilines is 2. The molecule has 4 rings (SSSR count). The Balaban J connectivity index is 1.73. The molecule has 2 N–H and O–H groups in total. The van der Waals surface area contributed by atoms with E-state index < -0.39 is 0 Å². The molecule has 0 amide bonds. The Morgan fingerprint density at radius 2 is 2.17 bits per heavy atom. The van der Waals surface area contributed by atoms with Gasteiger partial charge in [-0.2, -0.15) is 5.10 Å². The number of hydrogen-bond donors (Lipinski definition) is 2. The van der Waals surface area contributed by atoms with Gasteiger partial charge in [-0.1, -0.05) is 15.9 Å². The van der Waals surface area contributed by atoms with E-state index in [1.54, 1.807) is 30.8 Å². The monoisotopic (exact) mass is 473 g/mol. The number of nitrogens with one attached hydrogen (secondary N) is 2. The molecule has 0 aliphatic heterocycles. The first kappa shape index (κ1) is 19.7. The number of nitrogens with zero attached hydrogens (tertiary/aromatic N) is 3. The largest absolute Gasteiger partial charge is 0.496 e. The summed E-state index contributed by atoms with van der Waals surface area (Å²) in [5, 5.41) is 10.8. The topological polar surface area (TPSA) is 85.0 Å². The molecule has 3 heterocycles. The molecule has 3 aromatic heterocycles. The van der Waals surface area contributed by atoms with Crippen molar-refractivity contribution in [2.45, 2.75) is 13.3 Å². The smallest absolute Gasteiger partial charge is 0.227 e. The normalized spacial score (nSPS) is 11.0. The van der Waals surface area contributed by atoms with Crippen molar-refractivity contribution in [2.75, 3.05) is 24.4 Å². The van der Waals surface area contributed by atoms with Crippen LogP contribution in [-0.4, -0.2) is 39.2 Å². The lowest BCUT2D eigenvalue weighted by Crippen LogP contribution is -1.99. The Hall–Kier alpha value is -2.65. The van der Waals surface area contributed by atoms with E-state index in [1.165, 1.54) is 0 Å². The van der Waals surface area contributed by atoms with Crippen LogP contribution >= 0.6 is 27.3 Å². The molecule has 0 unspecified atom stereocenters. The standard InChI is InChI=1S/C20H20BrN5O2S/c1-12-18(15-5-4-14(8-16(15)27-2)28-7-3-6-21)19-17(29-12)11-22-20(26-19)25-13-9-23-24-10-13/h4-5,8-11H,3,6-7H2,1-2H3,(H,23,24)(H,22,25,26). The second kappa shape index (κ2) is 8.79. The summed E-state index contributed by atoms with van der Waals surface area (Å²) in [5.74, 6) is 2.07. The molecular weight excluding hydrogens is 454 g/mol. The molecule has 7 nitrogen and oxygen atoms in total. The molecule has 0 saturated carbocycles. The lowest BCUT2D eigenvalue weighted by atomic mass is 10.0. The summed E-state index contributed by atoms with van der Waals surface area (Å²) in [6.07, 6.45) is 6.23. The number of H-pyrrole nitrogens is 1. The number of methoxy groups -OCH3 is 1. The van der Waals surface area contributed by atoms with Gasteiger partial charge in [0.2, 0.25) is 5.95 Å². The van der Waals surface area contributed by atoms with Gasteiger partial charge in [-0.05, 0) is 25.5 Å². The van der Waals surface area contributed by atoms with Gasteiger partial charge < -0.3 is 14.8 Å². The van der Waals surface area contributed by atoms with Gasteiger partial charge in [-0.15, -0.1) is 11.3 Å². The molecule has 0 spiro atoms. The number of hydrogen-bond acceptors (Lipinski definition) is 7. The van der Waals surface area contributed by atoms with Crippen LogP contribution in [0.2, 0.25) is 0 Å². The van der Waals surface area contributed by atoms with Crippen LogP contribution < -0.4 is 14.8 Å². The van der Waals surface area contributed by atoms with Gasteiger partial charge >= 0.3 is 0 Å². The van der Waals surface area contributed by atoms with E-state index in [-0.39, 0.29) is 0 Å². The second-order valence-corrected chi connectivity index (χ2v) is 8.35. The number of aromatic nitrogens is 4. The van der Waals surface area contributed by atoms with Crippen LogP contribution in [0, 0.1) is 6.92 Å². The Kier molecular flexibility index (Phi) is 5.96. The van der Waals surface area contributed by atoms with E-state index in [4.69, 9.17) is 14.5 Å². The quantitative estimate of drug-likeness (QED) is 0.266.